The Hall–Kier alpha value is -2.66. The molecular weight excluding hydrogens is 342 g/mol. The zero-order valence-electron chi connectivity index (χ0n) is 15.8. The third-order valence-electron chi connectivity index (χ3n) is 4.70. The fraction of sp³-hybridized carbons (Fsp3) is 0.364. The van der Waals surface area contributed by atoms with Crippen LogP contribution in [0.15, 0.2) is 48.5 Å². The molecule has 0 bridgehead atoms. The lowest BCUT2D eigenvalue weighted by atomic mass is 9.90. The second-order valence-corrected chi connectivity index (χ2v) is 6.95. The molecule has 5 heteroatoms. The Morgan fingerprint density at radius 2 is 1.70 bits per heavy atom. The summed E-state index contributed by atoms with van der Waals surface area (Å²) in [5, 5.41) is 0. The summed E-state index contributed by atoms with van der Waals surface area (Å²) < 4.78 is 10.4. The number of rotatable bonds is 5. The van der Waals surface area contributed by atoms with Gasteiger partial charge in [0, 0.05) is 26.9 Å². The Labute approximate surface area is 159 Å². The van der Waals surface area contributed by atoms with E-state index < -0.39 is 11.9 Å². The maximum absolute atomic E-state index is 11.4. The maximum atomic E-state index is 11.4. The highest BCUT2D eigenvalue weighted by atomic mass is 16.6. The van der Waals surface area contributed by atoms with E-state index in [-0.39, 0.29) is 5.75 Å². The summed E-state index contributed by atoms with van der Waals surface area (Å²) in [5.74, 6) is 0.0506. The number of likely N-dealkylation sites (tertiary alicyclic amines) is 1. The predicted molar refractivity (Wildman–Crippen MR) is 103 cm³/mol. The molecule has 1 aliphatic heterocycles. The van der Waals surface area contributed by atoms with Gasteiger partial charge in [0.05, 0.1) is 0 Å². The van der Waals surface area contributed by atoms with Gasteiger partial charge in [-0.3, -0.25) is 14.5 Å². The van der Waals surface area contributed by atoms with Crippen LogP contribution in [0.5, 0.6) is 11.5 Å². The van der Waals surface area contributed by atoms with Gasteiger partial charge < -0.3 is 9.47 Å². The molecule has 1 aliphatic rings. The van der Waals surface area contributed by atoms with Gasteiger partial charge in [0.1, 0.15) is 0 Å². The van der Waals surface area contributed by atoms with Crippen molar-refractivity contribution in [3.05, 3.63) is 59.7 Å². The number of piperidine rings is 1. The van der Waals surface area contributed by atoms with E-state index in [2.05, 4.69) is 29.2 Å². The van der Waals surface area contributed by atoms with E-state index in [1.165, 1.54) is 19.4 Å². The lowest BCUT2D eigenvalue weighted by molar-refractivity contribution is -0.134. The highest BCUT2D eigenvalue weighted by molar-refractivity contribution is 5.73. The minimum Gasteiger partial charge on any atom is -0.423 e. The summed E-state index contributed by atoms with van der Waals surface area (Å²) in [4.78, 5) is 25.2. The summed E-state index contributed by atoms with van der Waals surface area (Å²) in [7, 11) is 0. The Morgan fingerprint density at radius 1 is 1.00 bits per heavy atom. The van der Waals surface area contributed by atoms with E-state index in [1.807, 2.05) is 18.2 Å². The first kappa shape index (κ1) is 19.1. The molecule has 2 aromatic carbocycles. The molecule has 1 saturated heterocycles. The van der Waals surface area contributed by atoms with Crippen LogP contribution in [0.1, 0.15) is 43.7 Å². The number of hydrogen-bond acceptors (Lipinski definition) is 5. The molecule has 1 unspecified atom stereocenters. The van der Waals surface area contributed by atoms with Gasteiger partial charge in [-0.05, 0) is 48.6 Å². The fourth-order valence-corrected chi connectivity index (χ4v) is 3.57. The highest BCUT2D eigenvalue weighted by Gasteiger charge is 2.23. The number of carbonyl (C=O) groups is 2. The lowest BCUT2D eigenvalue weighted by Crippen LogP contribution is -2.33. The van der Waals surface area contributed by atoms with E-state index >= 15 is 0 Å². The summed E-state index contributed by atoms with van der Waals surface area (Å²) >= 11 is 0. The van der Waals surface area contributed by atoms with Crippen LogP contribution in [0.25, 0.3) is 0 Å². The van der Waals surface area contributed by atoms with Crippen LogP contribution in [-0.4, -0.2) is 29.9 Å². The monoisotopic (exact) mass is 367 g/mol. The molecular formula is C22H25NO4. The molecule has 0 radical (unpaired) electrons. The maximum Gasteiger partial charge on any atom is 0.308 e. The van der Waals surface area contributed by atoms with Crippen LogP contribution in [0, 0.1) is 0 Å². The first-order chi connectivity index (χ1) is 13.0. The van der Waals surface area contributed by atoms with Crippen molar-refractivity contribution in [2.75, 3.05) is 13.1 Å². The number of benzene rings is 2. The molecule has 5 nitrogen and oxygen atoms in total. The molecule has 1 heterocycles. The van der Waals surface area contributed by atoms with Crippen molar-refractivity contribution in [1.82, 2.24) is 4.90 Å². The molecule has 0 amide bonds. The Balaban J connectivity index is 1.76. The molecule has 3 rings (SSSR count). The number of carbonyl (C=O) groups excluding carboxylic acids is 2. The van der Waals surface area contributed by atoms with Gasteiger partial charge in [0.15, 0.2) is 11.5 Å². The van der Waals surface area contributed by atoms with Crippen LogP contribution >= 0.6 is 0 Å². The van der Waals surface area contributed by atoms with Gasteiger partial charge in [-0.15, -0.1) is 0 Å². The van der Waals surface area contributed by atoms with Crippen molar-refractivity contribution in [3.8, 4) is 11.5 Å². The van der Waals surface area contributed by atoms with E-state index in [4.69, 9.17) is 9.47 Å². The van der Waals surface area contributed by atoms with Crippen LogP contribution < -0.4 is 9.47 Å². The zero-order chi connectivity index (χ0) is 19.2. The Kier molecular flexibility index (Phi) is 6.24. The number of ether oxygens (including phenoxy) is 2. The van der Waals surface area contributed by atoms with Gasteiger partial charge in [-0.1, -0.05) is 36.4 Å². The van der Waals surface area contributed by atoms with Gasteiger partial charge in [0.25, 0.3) is 0 Å². The van der Waals surface area contributed by atoms with Crippen LogP contribution in [-0.2, 0) is 16.1 Å². The standard InChI is InChI=1S/C22H25NO4/c1-16(24)26-21-11-10-19(13-22(21)27-17(2)25)20-9-6-12-23(15-20)14-18-7-4-3-5-8-18/h3-5,7-8,10-11,13,20H,6,9,12,14-15H2,1-2H3. The van der Waals surface area contributed by atoms with E-state index in [0.29, 0.717) is 11.7 Å². The number of hydrogen-bond donors (Lipinski definition) is 0. The SMILES string of the molecule is CC(=O)Oc1ccc(C2CCCN(Cc3ccccc3)C2)cc1OC(C)=O. The summed E-state index contributed by atoms with van der Waals surface area (Å²) in [6.45, 7) is 5.62. The molecule has 2 aromatic rings. The molecule has 0 saturated carbocycles. The van der Waals surface area contributed by atoms with Crippen LogP contribution in [0.3, 0.4) is 0 Å². The molecule has 1 atom stereocenters. The van der Waals surface area contributed by atoms with Crippen molar-refractivity contribution in [1.29, 1.82) is 0 Å². The molecule has 27 heavy (non-hydrogen) atoms. The minimum atomic E-state index is -0.442. The second kappa shape index (κ2) is 8.82. The smallest absolute Gasteiger partial charge is 0.308 e. The van der Waals surface area contributed by atoms with Crippen molar-refractivity contribution < 1.29 is 19.1 Å². The number of nitrogens with zero attached hydrogens (tertiary/aromatic N) is 1. The number of esters is 2. The van der Waals surface area contributed by atoms with Gasteiger partial charge in [-0.25, -0.2) is 0 Å². The fourth-order valence-electron chi connectivity index (χ4n) is 3.57. The topological polar surface area (TPSA) is 55.8 Å². The molecule has 0 aromatic heterocycles. The third kappa shape index (κ3) is 5.41. The van der Waals surface area contributed by atoms with E-state index in [9.17, 15) is 9.59 Å². The van der Waals surface area contributed by atoms with Crippen molar-refractivity contribution in [2.45, 2.75) is 39.2 Å². The van der Waals surface area contributed by atoms with Crippen LogP contribution in [0.2, 0.25) is 0 Å². The normalized spacial score (nSPS) is 17.3. The Bertz CT molecular complexity index is 803. The van der Waals surface area contributed by atoms with Crippen molar-refractivity contribution in [2.24, 2.45) is 0 Å². The van der Waals surface area contributed by atoms with Gasteiger partial charge >= 0.3 is 11.9 Å². The third-order valence-corrected chi connectivity index (χ3v) is 4.70. The summed E-state index contributed by atoms with van der Waals surface area (Å²) in [5.41, 5.74) is 2.41. The summed E-state index contributed by atoms with van der Waals surface area (Å²) in [6, 6.07) is 16.0. The average Bonchev–Trinajstić information content (AvgIpc) is 2.63. The van der Waals surface area contributed by atoms with Crippen LogP contribution in [0.4, 0.5) is 0 Å². The summed E-state index contributed by atoms with van der Waals surface area (Å²) in [6.07, 6.45) is 2.20. The van der Waals surface area contributed by atoms with Gasteiger partial charge in [0.2, 0.25) is 0 Å². The molecule has 0 spiro atoms. The van der Waals surface area contributed by atoms with Gasteiger partial charge in [-0.2, -0.15) is 0 Å². The molecule has 0 aliphatic carbocycles. The first-order valence-corrected chi connectivity index (χ1v) is 9.28. The van der Waals surface area contributed by atoms with Crippen molar-refractivity contribution >= 4 is 11.9 Å². The van der Waals surface area contributed by atoms with E-state index in [1.54, 1.807) is 6.07 Å². The zero-order valence-corrected chi connectivity index (χ0v) is 15.8. The van der Waals surface area contributed by atoms with E-state index in [0.717, 1.165) is 38.0 Å². The predicted octanol–water partition coefficient (Wildman–Crippen LogP) is 3.92. The molecule has 142 valence electrons. The quantitative estimate of drug-likeness (QED) is 0.592. The average molecular weight is 367 g/mol. The second-order valence-electron chi connectivity index (χ2n) is 6.95. The lowest BCUT2D eigenvalue weighted by Gasteiger charge is -2.33. The van der Waals surface area contributed by atoms with Crippen molar-refractivity contribution in [3.63, 3.8) is 0 Å². The molecule has 1 fully saturated rings. The minimum absolute atomic E-state index is 0.276. The first-order valence-electron chi connectivity index (χ1n) is 9.28. The largest absolute Gasteiger partial charge is 0.423 e. The Morgan fingerprint density at radius 3 is 2.41 bits per heavy atom. The molecule has 0 N–H and O–H groups in total. The highest BCUT2D eigenvalue weighted by Crippen LogP contribution is 2.35.